The summed E-state index contributed by atoms with van der Waals surface area (Å²) in [6, 6.07) is 6.06. The van der Waals surface area contributed by atoms with Crippen molar-refractivity contribution in [3.8, 4) is 0 Å². The van der Waals surface area contributed by atoms with Crippen molar-refractivity contribution in [3.63, 3.8) is 0 Å². The van der Waals surface area contributed by atoms with E-state index < -0.39 is 0 Å². The second-order valence-corrected chi connectivity index (χ2v) is 3.82. The molecule has 1 fully saturated rings. The Morgan fingerprint density at radius 1 is 1.57 bits per heavy atom. The summed E-state index contributed by atoms with van der Waals surface area (Å²) in [5.74, 6) is 0.938. The van der Waals surface area contributed by atoms with Gasteiger partial charge < -0.3 is 9.64 Å². The third kappa shape index (κ3) is 1.99. The van der Waals surface area contributed by atoms with Crippen molar-refractivity contribution >= 4 is 17.4 Å². The first-order valence-electron chi connectivity index (χ1n) is 4.74. The molecule has 0 spiro atoms. The monoisotopic (exact) mass is 212 g/mol. The fourth-order valence-corrected chi connectivity index (χ4v) is 1.78. The number of halogens is 1. The maximum Gasteiger partial charge on any atom is 0.131 e. The predicted octanol–water partition coefficient (Wildman–Crippen LogP) is 1.96. The van der Waals surface area contributed by atoms with Crippen molar-refractivity contribution < 1.29 is 4.74 Å². The topological polar surface area (TPSA) is 25.4 Å². The SMILES string of the molecule is CC1COCCN1c1cccc(Cl)n1. The van der Waals surface area contributed by atoms with Gasteiger partial charge in [-0.1, -0.05) is 17.7 Å². The van der Waals surface area contributed by atoms with Crippen LogP contribution in [0, 0.1) is 0 Å². The number of hydrogen-bond acceptors (Lipinski definition) is 3. The van der Waals surface area contributed by atoms with Crippen LogP contribution < -0.4 is 4.90 Å². The second-order valence-electron chi connectivity index (χ2n) is 3.44. The van der Waals surface area contributed by atoms with E-state index in [-0.39, 0.29) is 0 Å². The van der Waals surface area contributed by atoms with Gasteiger partial charge in [-0.15, -0.1) is 0 Å². The first-order valence-corrected chi connectivity index (χ1v) is 5.12. The molecule has 3 nitrogen and oxygen atoms in total. The van der Waals surface area contributed by atoms with Crippen molar-refractivity contribution in [2.24, 2.45) is 0 Å². The first kappa shape index (κ1) is 9.74. The molecule has 2 heterocycles. The fourth-order valence-electron chi connectivity index (χ4n) is 1.63. The molecule has 0 aliphatic carbocycles. The molecule has 1 atom stereocenters. The number of aromatic nitrogens is 1. The lowest BCUT2D eigenvalue weighted by Gasteiger charge is -2.34. The number of pyridine rings is 1. The highest BCUT2D eigenvalue weighted by Crippen LogP contribution is 2.18. The molecule has 0 bridgehead atoms. The molecule has 1 aromatic heterocycles. The molecule has 1 aromatic rings. The average Bonchev–Trinajstić information content (AvgIpc) is 2.18. The molecule has 14 heavy (non-hydrogen) atoms. The Bertz CT molecular complexity index is 319. The van der Waals surface area contributed by atoms with E-state index in [4.69, 9.17) is 16.3 Å². The quantitative estimate of drug-likeness (QED) is 0.666. The summed E-state index contributed by atoms with van der Waals surface area (Å²) >= 11 is 5.84. The van der Waals surface area contributed by atoms with E-state index in [9.17, 15) is 0 Å². The van der Waals surface area contributed by atoms with Gasteiger partial charge in [0.2, 0.25) is 0 Å². The predicted molar refractivity (Wildman–Crippen MR) is 56.9 cm³/mol. The van der Waals surface area contributed by atoms with Gasteiger partial charge in [0, 0.05) is 6.54 Å². The van der Waals surface area contributed by atoms with Gasteiger partial charge in [-0.05, 0) is 19.1 Å². The van der Waals surface area contributed by atoms with Gasteiger partial charge in [0.25, 0.3) is 0 Å². The van der Waals surface area contributed by atoms with Crippen LogP contribution in [0.3, 0.4) is 0 Å². The van der Waals surface area contributed by atoms with E-state index in [2.05, 4.69) is 16.8 Å². The number of hydrogen-bond donors (Lipinski definition) is 0. The normalized spacial score (nSPS) is 22.4. The molecule has 0 N–H and O–H groups in total. The van der Waals surface area contributed by atoms with Gasteiger partial charge in [0.05, 0.1) is 19.3 Å². The minimum Gasteiger partial charge on any atom is -0.377 e. The Hall–Kier alpha value is -0.800. The summed E-state index contributed by atoms with van der Waals surface area (Å²) in [6.07, 6.45) is 0. The summed E-state index contributed by atoms with van der Waals surface area (Å²) < 4.78 is 5.36. The van der Waals surface area contributed by atoms with Crippen LogP contribution in [0.4, 0.5) is 5.82 Å². The maximum absolute atomic E-state index is 5.84. The van der Waals surface area contributed by atoms with E-state index in [0.29, 0.717) is 11.2 Å². The van der Waals surface area contributed by atoms with Crippen LogP contribution >= 0.6 is 11.6 Å². The van der Waals surface area contributed by atoms with Gasteiger partial charge in [0.15, 0.2) is 0 Å². The van der Waals surface area contributed by atoms with Crippen LogP contribution in [0.1, 0.15) is 6.92 Å². The lowest BCUT2D eigenvalue weighted by molar-refractivity contribution is 0.0985. The third-order valence-corrected chi connectivity index (χ3v) is 2.57. The first-order chi connectivity index (χ1) is 6.77. The molecule has 1 unspecified atom stereocenters. The van der Waals surface area contributed by atoms with Gasteiger partial charge in [0.1, 0.15) is 11.0 Å². The minimum absolute atomic E-state index is 0.370. The molecule has 76 valence electrons. The van der Waals surface area contributed by atoms with Gasteiger partial charge in [-0.2, -0.15) is 0 Å². The Kier molecular flexibility index (Phi) is 2.89. The molecular formula is C10H13ClN2O. The number of morpholine rings is 1. The van der Waals surface area contributed by atoms with Gasteiger partial charge in [-0.3, -0.25) is 0 Å². The van der Waals surface area contributed by atoms with E-state index in [1.807, 2.05) is 12.1 Å². The largest absolute Gasteiger partial charge is 0.377 e. The van der Waals surface area contributed by atoms with Gasteiger partial charge >= 0.3 is 0 Å². The molecule has 1 aliphatic heterocycles. The molecule has 1 aliphatic rings. The van der Waals surface area contributed by atoms with E-state index in [1.165, 1.54) is 0 Å². The third-order valence-electron chi connectivity index (χ3n) is 2.36. The zero-order valence-electron chi connectivity index (χ0n) is 8.11. The summed E-state index contributed by atoms with van der Waals surface area (Å²) in [7, 11) is 0. The molecule has 4 heteroatoms. The standard InChI is InChI=1S/C10H13ClN2O/c1-8-7-14-6-5-13(8)10-4-2-3-9(11)12-10/h2-4,8H,5-7H2,1H3. The average molecular weight is 213 g/mol. The number of nitrogens with zero attached hydrogens (tertiary/aromatic N) is 2. The smallest absolute Gasteiger partial charge is 0.131 e. The fraction of sp³-hybridized carbons (Fsp3) is 0.500. The van der Waals surface area contributed by atoms with Crippen molar-refractivity contribution in [2.75, 3.05) is 24.7 Å². The Labute approximate surface area is 88.6 Å². The Balaban J connectivity index is 2.20. The number of anilines is 1. The number of rotatable bonds is 1. The minimum atomic E-state index is 0.370. The van der Waals surface area contributed by atoms with Crippen molar-refractivity contribution in [1.29, 1.82) is 0 Å². The lowest BCUT2D eigenvalue weighted by Crippen LogP contribution is -2.44. The summed E-state index contributed by atoms with van der Waals surface area (Å²) in [4.78, 5) is 6.50. The molecule has 0 aromatic carbocycles. The van der Waals surface area contributed by atoms with Gasteiger partial charge in [-0.25, -0.2) is 4.98 Å². The van der Waals surface area contributed by atoms with E-state index >= 15 is 0 Å². The zero-order valence-corrected chi connectivity index (χ0v) is 8.87. The van der Waals surface area contributed by atoms with Crippen LogP contribution in [0.5, 0.6) is 0 Å². The second kappa shape index (κ2) is 4.15. The molecule has 0 radical (unpaired) electrons. The van der Waals surface area contributed by atoms with Crippen LogP contribution in [0.2, 0.25) is 5.15 Å². The summed E-state index contributed by atoms with van der Waals surface area (Å²) in [6.45, 7) is 4.53. The Morgan fingerprint density at radius 2 is 2.43 bits per heavy atom. The Morgan fingerprint density at radius 3 is 3.14 bits per heavy atom. The zero-order chi connectivity index (χ0) is 9.97. The van der Waals surface area contributed by atoms with Crippen LogP contribution in [-0.4, -0.2) is 30.8 Å². The highest BCUT2D eigenvalue weighted by Gasteiger charge is 2.19. The van der Waals surface area contributed by atoms with E-state index in [0.717, 1.165) is 25.6 Å². The van der Waals surface area contributed by atoms with Crippen LogP contribution in [-0.2, 0) is 4.74 Å². The molecule has 0 saturated carbocycles. The molecule has 1 saturated heterocycles. The van der Waals surface area contributed by atoms with Crippen molar-refractivity contribution in [1.82, 2.24) is 4.98 Å². The van der Waals surface area contributed by atoms with Crippen molar-refractivity contribution in [2.45, 2.75) is 13.0 Å². The van der Waals surface area contributed by atoms with Crippen molar-refractivity contribution in [3.05, 3.63) is 23.4 Å². The summed E-state index contributed by atoms with van der Waals surface area (Å²) in [5.41, 5.74) is 0. The molecular weight excluding hydrogens is 200 g/mol. The molecule has 0 amide bonds. The summed E-state index contributed by atoms with van der Waals surface area (Å²) in [5, 5.41) is 0.543. The highest BCUT2D eigenvalue weighted by atomic mass is 35.5. The van der Waals surface area contributed by atoms with Crippen LogP contribution in [0.25, 0.3) is 0 Å². The lowest BCUT2D eigenvalue weighted by atomic mass is 10.2. The molecule has 2 rings (SSSR count). The van der Waals surface area contributed by atoms with E-state index in [1.54, 1.807) is 6.07 Å². The van der Waals surface area contributed by atoms with Crippen LogP contribution in [0.15, 0.2) is 18.2 Å². The number of ether oxygens (including phenoxy) is 1. The highest BCUT2D eigenvalue weighted by molar-refractivity contribution is 6.29. The maximum atomic E-state index is 5.84.